The highest BCUT2D eigenvalue weighted by molar-refractivity contribution is 5.80. The molecule has 0 bridgehead atoms. The van der Waals surface area contributed by atoms with Crippen molar-refractivity contribution >= 4 is 11.6 Å². The van der Waals surface area contributed by atoms with Crippen molar-refractivity contribution in [2.75, 3.05) is 25.0 Å². The highest BCUT2D eigenvalue weighted by Crippen LogP contribution is 2.06. The van der Waals surface area contributed by atoms with E-state index in [9.17, 15) is 4.79 Å². The highest BCUT2D eigenvalue weighted by atomic mass is 16.2. The minimum Gasteiger partial charge on any atom is -0.376 e. The minimum absolute atomic E-state index is 0.125. The summed E-state index contributed by atoms with van der Waals surface area (Å²) in [6.45, 7) is 7.75. The molecule has 4 nitrogen and oxygen atoms in total. The van der Waals surface area contributed by atoms with E-state index < -0.39 is 0 Å². The number of nitrogens with one attached hydrogen (secondary N) is 1. The van der Waals surface area contributed by atoms with Crippen molar-refractivity contribution in [2.45, 2.75) is 20.8 Å². The monoisotopic (exact) mass is 221 g/mol. The summed E-state index contributed by atoms with van der Waals surface area (Å²) in [5, 5.41) is 3.10. The second kappa shape index (κ2) is 6.10. The van der Waals surface area contributed by atoms with Gasteiger partial charge in [0, 0.05) is 30.7 Å². The molecule has 0 aliphatic heterocycles. The third-order valence-corrected chi connectivity index (χ3v) is 2.46. The van der Waals surface area contributed by atoms with Gasteiger partial charge in [0.2, 0.25) is 5.91 Å². The molecule has 16 heavy (non-hydrogen) atoms. The Balaban J connectivity index is 2.48. The molecule has 0 aliphatic carbocycles. The molecule has 0 saturated carbocycles. The molecule has 0 aromatic carbocycles. The molecule has 1 rings (SSSR count). The second-order valence-corrected chi connectivity index (χ2v) is 3.61. The lowest BCUT2D eigenvalue weighted by atomic mass is 10.3. The summed E-state index contributed by atoms with van der Waals surface area (Å²) < 4.78 is 0. The van der Waals surface area contributed by atoms with Crippen LogP contribution in [0.25, 0.3) is 0 Å². The molecule has 0 saturated heterocycles. The van der Waals surface area contributed by atoms with Gasteiger partial charge in [0.05, 0.1) is 6.54 Å². The van der Waals surface area contributed by atoms with Gasteiger partial charge in [0.15, 0.2) is 0 Å². The number of likely N-dealkylation sites (N-methyl/N-ethyl adjacent to an activating group) is 1. The highest BCUT2D eigenvalue weighted by Gasteiger charge is 2.08. The van der Waals surface area contributed by atoms with E-state index in [-0.39, 0.29) is 5.91 Å². The van der Waals surface area contributed by atoms with Gasteiger partial charge in [-0.1, -0.05) is 0 Å². The Morgan fingerprint density at radius 1 is 1.44 bits per heavy atom. The van der Waals surface area contributed by atoms with Crippen LogP contribution in [0, 0.1) is 6.92 Å². The van der Waals surface area contributed by atoms with E-state index in [4.69, 9.17) is 0 Å². The van der Waals surface area contributed by atoms with Crippen molar-refractivity contribution in [3.63, 3.8) is 0 Å². The maximum absolute atomic E-state index is 11.7. The third-order valence-electron chi connectivity index (χ3n) is 2.46. The van der Waals surface area contributed by atoms with Gasteiger partial charge in [-0.15, -0.1) is 0 Å². The molecular formula is C12H19N3O. The first-order valence-corrected chi connectivity index (χ1v) is 5.61. The largest absolute Gasteiger partial charge is 0.376 e. The maximum Gasteiger partial charge on any atom is 0.241 e. The first-order chi connectivity index (χ1) is 7.67. The Labute approximate surface area is 96.7 Å². The predicted molar refractivity (Wildman–Crippen MR) is 65.4 cm³/mol. The van der Waals surface area contributed by atoms with Crippen molar-refractivity contribution in [3.8, 4) is 0 Å². The molecule has 1 heterocycles. The third kappa shape index (κ3) is 3.53. The Bertz CT molecular complexity index is 348. The molecule has 1 aromatic heterocycles. The standard InChI is InChI=1S/C12H19N3O/c1-4-15(5-2)12(16)9-14-11-6-7-13-10(3)8-11/h6-8H,4-5,9H2,1-3H3,(H,13,14). The van der Waals surface area contributed by atoms with Gasteiger partial charge in [-0.3, -0.25) is 9.78 Å². The Morgan fingerprint density at radius 3 is 2.69 bits per heavy atom. The molecule has 0 atom stereocenters. The van der Waals surface area contributed by atoms with Gasteiger partial charge < -0.3 is 10.2 Å². The molecule has 1 N–H and O–H groups in total. The fourth-order valence-corrected chi connectivity index (χ4v) is 1.52. The lowest BCUT2D eigenvalue weighted by Crippen LogP contribution is -2.35. The molecule has 0 unspecified atom stereocenters. The molecule has 88 valence electrons. The van der Waals surface area contributed by atoms with E-state index in [0.29, 0.717) is 6.54 Å². The summed E-state index contributed by atoms with van der Waals surface area (Å²) in [5.74, 6) is 0.125. The average Bonchev–Trinajstić information content (AvgIpc) is 2.28. The van der Waals surface area contributed by atoms with Gasteiger partial charge in [-0.25, -0.2) is 0 Å². The summed E-state index contributed by atoms with van der Waals surface area (Å²) in [6.07, 6.45) is 1.74. The number of carbonyl (C=O) groups excluding carboxylic acids is 1. The zero-order valence-electron chi connectivity index (χ0n) is 10.2. The summed E-state index contributed by atoms with van der Waals surface area (Å²) >= 11 is 0. The lowest BCUT2D eigenvalue weighted by Gasteiger charge is -2.19. The van der Waals surface area contributed by atoms with Gasteiger partial charge in [-0.05, 0) is 32.9 Å². The normalized spacial score (nSPS) is 9.94. The molecule has 0 spiro atoms. The number of carbonyl (C=O) groups is 1. The lowest BCUT2D eigenvalue weighted by molar-refractivity contribution is -0.128. The number of aryl methyl sites for hydroxylation is 1. The first kappa shape index (κ1) is 12.5. The SMILES string of the molecule is CCN(CC)C(=O)CNc1ccnc(C)c1. The summed E-state index contributed by atoms with van der Waals surface area (Å²) in [4.78, 5) is 17.6. The molecule has 0 fully saturated rings. The van der Waals surface area contributed by atoms with Crippen molar-refractivity contribution < 1.29 is 4.79 Å². The summed E-state index contributed by atoms with van der Waals surface area (Å²) in [5.41, 5.74) is 1.88. The van der Waals surface area contributed by atoms with Crippen LogP contribution in [0.15, 0.2) is 18.3 Å². The van der Waals surface area contributed by atoms with E-state index >= 15 is 0 Å². The van der Waals surface area contributed by atoms with Crippen LogP contribution in [0.2, 0.25) is 0 Å². The van der Waals surface area contributed by atoms with Gasteiger partial charge in [0.25, 0.3) is 0 Å². The van der Waals surface area contributed by atoms with Crippen molar-refractivity contribution in [3.05, 3.63) is 24.0 Å². The molecule has 4 heteroatoms. The molecule has 1 amide bonds. The maximum atomic E-state index is 11.7. The quantitative estimate of drug-likeness (QED) is 0.822. The van der Waals surface area contributed by atoms with Crippen LogP contribution in [0.3, 0.4) is 0 Å². The number of nitrogens with zero attached hydrogens (tertiary/aromatic N) is 2. The van der Waals surface area contributed by atoms with Crippen LogP contribution in [0.4, 0.5) is 5.69 Å². The summed E-state index contributed by atoms with van der Waals surface area (Å²) in [6, 6.07) is 3.79. The Morgan fingerprint density at radius 2 is 2.12 bits per heavy atom. The van der Waals surface area contributed by atoms with Crippen LogP contribution in [-0.2, 0) is 4.79 Å². The van der Waals surface area contributed by atoms with Crippen molar-refractivity contribution in [2.24, 2.45) is 0 Å². The van der Waals surface area contributed by atoms with Crippen LogP contribution in [0.5, 0.6) is 0 Å². The average molecular weight is 221 g/mol. The number of hydrogen-bond donors (Lipinski definition) is 1. The molecule has 0 radical (unpaired) electrons. The van der Waals surface area contributed by atoms with E-state index in [0.717, 1.165) is 24.5 Å². The predicted octanol–water partition coefficient (Wildman–Crippen LogP) is 1.67. The smallest absolute Gasteiger partial charge is 0.241 e. The number of pyridine rings is 1. The van der Waals surface area contributed by atoms with Crippen LogP contribution in [-0.4, -0.2) is 35.4 Å². The van der Waals surface area contributed by atoms with Crippen LogP contribution >= 0.6 is 0 Å². The number of amides is 1. The zero-order chi connectivity index (χ0) is 12.0. The van der Waals surface area contributed by atoms with Gasteiger partial charge in [-0.2, -0.15) is 0 Å². The van der Waals surface area contributed by atoms with E-state index in [1.807, 2.05) is 32.9 Å². The van der Waals surface area contributed by atoms with Crippen LogP contribution in [0.1, 0.15) is 19.5 Å². The van der Waals surface area contributed by atoms with Crippen molar-refractivity contribution in [1.29, 1.82) is 0 Å². The second-order valence-electron chi connectivity index (χ2n) is 3.61. The molecule has 1 aromatic rings. The summed E-state index contributed by atoms with van der Waals surface area (Å²) in [7, 11) is 0. The topological polar surface area (TPSA) is 45.2 Å². The number of hydrogen-bond acceptors (Lipinski definition) is 3. The first-order valence-electron chi connectivity index (χ1n) is 5.61. The number of rotatable bonds is 5. The van der Waals surface area contributed by atoms with Gasteiger partial charge >= 0.3 is 0 Å². The van der Waals surface area contributed by atoms with E-state index in [2.05, 4.69) is 10.3 Å². The Hall–Kier alpha value is -1.58. The van der Waals surface area contributed by atoms with E-state index in [1.165, 1.54) is 0 Å². The van der Waals surface area contributed by atoms with Crippen molar-refractivity contribution in [1.82, 2.24) is 9.88 Å². The molecule has 0 aliphatic rings. The van der Waals surface area contributed by atoms with Gasteiger partial charge in [0.1, 0.15) is 0 Å². The number of anilines is 1. The fraction of sp³-hybridized carbons (Fsp3) is 0.500. The van der Waals surface area contributed by atoms with E-state index in [1.54, 1.807) is 11.1 Å². The zero-order valence-corrected chi connectivity index (χ0v) is 10.2. The van der Waals surface area contributed by atoms with Crippen LogP contribution < -0.4 is 5.32 Å². The Kier molecular flexibility index (Phi) is 4.76. The number of aromatic nitrogens is 1. The molecular weight excluding hydrogens is 202 g/mol. The fourth-order valence-electron chi connectivity index (χ4n) is 1.52. The minimum atomic E-state index is 0.125.